The van der Waals surface area contributed by atoms with Crippen molar-refractivity contribution < 1.29 is 19.1 Å². The summed E-state index contributed by atoms with van der Waals surface area (Å²) in [7, 11) is 1.47. The highest BCUT2D eigenvalue weighted by molar-refractivity contribution is 7.04. The van der Waals surface area contributed by atoms with Crippen molar-refractivity contribution in [3.05, 3.63) is 44.7 Å². The Morgan fingerprint density at radius 3 is 2.52 bits per heavy atom. The zero-order chi connectivity index (χ0) is 20.4. The summed E-state index contributed by atoms with van der Waals surface area (Å²) in [5, 5.41) is 0.395. The number of hydrogen-bond acceptors (Lipinski definition) is 5. The Bertz CT molecular complexity index is 938. The van der Waals surface area contributed by atoms with Gasteiger partial charge in [0, 0.05) is 16.3 Å². The number of aromatic nitrogens is 1. The van der Waals surface area contributed by atoms with E-state index < -0.39 is 11.9 Å². The summed E-state index contributed by atoms with van der Waals surface area (Å²) >= 11 is 7.25. The third-order valence-corrected chi connectivity index (χ3v) is 5.45. The fraction of sp³-hybridized carbons (Fsp3) is 0.421. The molecule has 0 aliphatic rings. The van der Waals surface area contributed by atoms with Crippen molar-refractivity contribution in [2.24, 2.45) is 4.99 Å². The van der Waals surface area contributed by atoms with E-state index in [9.17, 15) is 9.59 Å². The fourth-order valence-corrected chi connectivity index (χ4v) is 3.90. The summed E-state index contributed by atoms with van der Waals surface area (Å²) in [5.74, 6) is -0.677. The van der Waals surface area contributed by atoms with Crippen LogP contribution in [0.3, 0.4) is 0 Å². The minimum Gasteiger partial charge on any atom is -0.496 e. The minimum atomic E-state index is -0.540. The zero-order valence-electron chi connectivity index (χ0n) is 16.3. The van der Waals surface area contributed by atoms with Crippen LogP contribution in [0.4, 0.5) is 0 Å². The maximum absolute atomic E-state index is 12.8. The van der Waals surface area contributed by atoms with E-state index in [1.807, 2.05) is 31.7 Å². The van der Waals surface area contributed by atoms with Crippen molar-refractivity contribution in [1.29, 1.82) is 0 Å². The predicted molar refractivity (Wildman–Crippen MR) is 106 cm³/mol. The molecule has 146 valence electrons. The Hall–Kier alpha value is -2.12. The lowest BCUT2D eigenvalue weighted by Gasteiger charge is -2.21. The van der Waals surface area contributed by atoms with Gasteiger partial charge in [0.2, 0.25) is 0 Å². The van der Waals surface area contributed by atoms with Gasteiger partial charge in [-0.2, -0.15) is 4.99 Å². The quantitative estimate of drug-likeness (QED) is 0.708. The average molecular weight is 411 g/mol. The molecule has 0 radical (unpaired) electrons. The first kappa shape index (κ1) is 21.2. The Kier molecular flexibility index (Phi) is 6.49. The molecule has 0 atom stereocenters. The number of rotatable bonds is 4. The zero-order valence-corrected chi connectivity index (χ0v) is 17.8. The highest BCUT2D eigenvalue weighted by Gasteiger charge is 2.25. The smallest absolute Gasteiger partial charge is 0.343 e. The minimum absolute atomic E-state index is 0.230. The van der Waals surface area contributed by atoms with Gasteiger partial charge < -0.3 is 9.47 Å². The molecule has 1 amide bonds. The van der Waals surface area contributed by atoms with Gasteiger partial charge in [0.1, 0.15) is 11.3 Å². The average Bonchev–Trinajstić information content (AvgIpc) is 2.91. The predicted octanol–water partition coefficient (Wildman–Crippen LogP) is 4.19. The van der Waals surface area contributed by atoms with Crippen LogP contribution in [0.15, 0.2) is 23.2 Å². The van der Waals surface area contributed by atoms with Gasteiger partial charge in [0.25, 0.3) is 5.91 Å². The molecule has 0 saturated heterocycles. The first-order chi connectivity index (χ1) is 12.6. The molecule has 27 heavy (non-hydrogen) atoms. The number of esters is 1. The molecule has 6 nitrogen and oxygen atoms in total. The summed E-state index contributed by atoms with van der Waals surface area (Å²) in [6.45, 7) is 9.82. The van der Waals surface area contributed by atoms with Gasteiger partial charge in [0.05, 0.1) is 19.3 Å². The highest BCUT2D eigenvalue weighted by atomic mass is 35.5. The van der Waals surface area contributed by atoms with Crippen LogP contribution in [0.5, 0.6) is 5.75 Å². The molecule has 1 aromatic carbocycles. The molecule has 2 aromatic rings. The van der Waals surface area contributed by atoms with Crippen LogP contribution < -0.4 is 9.41 Å². The van der Waals surface area contributed by atoms with Crippen LogP contribution in [-0.4, -0.2) is 29.5 Å². The van der Waals surface area contributed by atoms with E-state index in [0.717, 1.165) is 0 Å². The Morgan fingerprint density at radius 1 is 1.30 bits per heavy atom. The number of nitrogens with zero attached hydrogens (tertiary/aromatic N) is 2. The number of carbonyl (C=O) groups excluding carboxylic acids is 2. The number of ether oxygens (including phenoxy) is 2. The van der Waals surface area contributed by atoms with Gasteiger partial charge in [-0.3, -0.25) is 8.75 Å². The summed E-state index contributed by atoms with van der Waals surface area (Å²) in [6.07, 6.45) is 0. The number of halogens is 1. The Balaban J connectivity index is 2.68. The molecule has 0 aliphatic heterocycles. The van der Waals surface area contributed by atoms with Gasteiger partial charge >= 0.3 is 5.97 Å². The van der Waals surface area contributed by atoms with Crippen molar-refractivity contribution in [1.82, 2.24) is 3.96 Å². The van der Waals surface area contributed by atoms with E-state index in [0.29, 0.717) is 26.7 Å². The molecule has 1 heterocycles. The molecule has 0 unspecified atom stereocenters. The van der Waals surface area contributed by atoms with E-state index in [4.69, 9.17) is 21.1 Å². The molecule has 0 N–H and O–H groups in total. The number of methoxy groups -OCH3 is 1. The number of benzene rings is 1. The van der Waals surface area contributed by atoms with Crippen molar-refractivity contribution in [2.45, 2.75) is 40.2 Å². The summed E-state index contributed by atoms with van der Waals surface area (Å²) < 4.78 is 12.6. The van der Waals surface area contributed by atoms with Crippen molar-refractivity contribution >= 4 is 35.0 Å². The van der Waals surface area contributed by atoms with Crippen LogP contribution in [0.2, 0.25) is 5.02 Å². The monoisotopic (exact) mass is 410 g/mol. The Labute approximate surface area is 167 Å². The molecule has 2 rings (SSSR count). The topological polar surface area (TPSA) is 69.9 Å². The molecule has 8 heteroatoms. The maximum atomic E-state index is 12.8. The van der Waals surface area contributed by atoms with Gasteiger partial charge in [-0.15, -0.1) is 0 Å². The Morgan fingerprint density at radius 2 is 1.96 bits per heavy atom. The lowest BCUT2D eigenvalue weighted by Crippen LogP contribution is -2.21. The van der Waals surface area contributed by atoms with Gasteiger partial charge in [0.15, 0.2) is 4.67 Å². The molecule has 0 bridgehead atoms. The second-order valence-electron chi connectivity index (χ2n) is 6.80. The second-order valence-corrected chi connectivity index (χ2v) is 8.17. The van der Waals surface area contributed by atoms with Crippen molar-refractivity contribution in [3.8, 4) is 5.75 Å². The largest absolute Gasteiger partial charge is 0.496 e. The summed E-state index contributed by atoms with van der Waals surface area (Å²) in [5.41, 5.74) is 0.954. The van der Waals surface area contributed by atoms with Gasteiger partial charge in [-0.1, -0.05) is 11.6 Å². The van der Waals surface area contributed by atoms with Gasteiger partial charge in [-0.05, 0) is 64.4 Å². The molecule has 1 aromatic heterocycles. The van der Waals surface area contributed by atoms with Crippen LogP contribution in [0.25, 0.3) is 0 Å². The standard InChI is InChI=1S/C19H23ClN2O4S/c1-7-26-18(24)15-11(2)22(19(3,4)5)27-17(15)21-16(23)13-10-12(20)8-9-14(13)25-6/h8-10H,7H2,1-6H3. The van der Waals surface area contributed by atoms with Crippen LogP contribution in [-0.2, 0) is 10.3 Å². The summed E-state index contributed by atoms with van der Waals surface area (Å²) in [4.78, 5) is 29.5. The van der Waals surface area contributed by atoms with E-state index in [2.05, 4.69) is 4.99 Å². The molecule has 0 spiro atoms. The normalized spacial score (nSPS) is 12.2. The number of amides is 1. The summed E-state index contributed by atoms with van der Waals surface area (Å²) in [6, 6.07) is 4.73. The lowest BCUT2D eigenvalue weighted by atomic mass is 10.1. The number of carbonyl (C=O) groups is 2. The first-order valence-corrected chi connectivity index (χ1v) is 9.58. The van der Waals surface area contributed by atoms with Crippen LogP contribution in [0.1, 0.15) is 54.1 Å². The third-order valence-electron chi connectivity index (χ3n) is 3.74. The fourth-order valence-electron chi connectivity index (χ4n) is 2.61. The molecule has 0 fully saturated rings. The SMILES string of the molecule is CCOC(=O)c1c(C)n(C(C)(C)C)sc1=NC(=O)c1cc(Cl)ccc1OC. The first-order valence-electron chi connectivity index (χ1n) is 8.43. The van der Waals surface area contributed by atoms with E-state index in [-0.39, 0.29) is 17.7 Å². The highest BCUT2D eigenvalue weighted by Crippen LogP contribution is 2.25. The van der Waals surface area contributed by atoms with E-state index >= 15 is 0 Å². The van der Waals surface area contributed by atoms with Crippen LogP contribution in [0, 0.1) is 6.92 Å². The van der Waals surface area contributed by atoms with Crippen molar-refractivity contribution in [2.75, 3.05) is 13.7 Å². The number of hydrogen-bond donors (Lipinski definition) is 0. The second kappa shape index (κ2) is 8.27. The van der Waals surface area contributed by atoms with Gasteiger partial charge in [-0.25, -0.2) is 4.79 Å². The molecular formula is C19H23ClN2O4S. The molecule has 0 saturated carbocycles. The molecule has 0 aliphatic carbocycles. The lowest BCUT2D eigenvalue weighted by molar-refractivity contribution is 0.0523. The maximum Gasteiger partial charge on any atom is 0.343 e. The van der Waals surface area contributed by atoms with Crippen molar-refractivity contribution in [3.63, 3.8) is 0 Å². The van der Waals surface area contributed by atoms with Crippen LogP contribution >= 0.6 is 23.1 Å². The third kappa shape index (κ3) is 4.59. The van der Waals surface area contributed by atoms with E-state index in [1.54, 1.807) is 19.1 Å². The molecular weight excluding hydrogens is 388 g/mol. The van der Waals surface area contributed by atoms with E-state index in [1.165, 1.54) is 24.7 Å².